The molecule has 21 heavy (non-hydrogen) atoms. The number of carbonyl (C=O) groups excluding carboxylic acids is 1. The molecule has 0 unspecified atom stereocenters. The molecule has 0 aliphatic carbocycles. The molecule has 1 aromatic heterocycles. The normalized spacial score (nSPS) is 18.5. The zero-order chi connectivity index (χ0) is 15.5. The van der Waals surface area contributed by atoms with Gasteiger partial charge in [0.05, 0.1) is 12.7 Å². The largest absolute Gasteiger partial charge is 0.369 e. The molecule has 0 spiro atoms. The zero-order valence-corrected chi connectivity index (χ0v) is 12.9. The van der Waals surface area contributed by atoms with Crippen LogP contribution in [0.25, 0.3) is 0 Å². The number of imidazole rings is 1. The molecule has 9 heteroatoms. The number of nitrogens with two attached hydrogens (primary N) is 1. The maximum atomic E-state index is 12.5. The number of amides is 1. The van der Waals surface area contributed by atoms with E-state index in [2.05, 4.69) is 9.97 Å². The lowest BCUT2D eigenvalue weighted by atomic mass is 10.4. The van der Waals surface area contributed by atoms with Crippen molar-refractivity contribution >= 4 is 15.9 Å². The SMILES string of the molecule is CCc1ncc(S(=O)(=O)N2CCCN(CC(N)=O)CC2)[nH]1. The average molecular weight is 315 g/mol. The molecule has 3 N–H and O–H groups in total. The minimum absolute atomic E-state index is 0.128. The number of aryl methyl sites for hydroxylation is 1. The van der Waals surface area contributed by atoms with Crippen molar-refractivity contribution in [2.75, 3.05) is 32.7 Å². The minimum Gasteiger partial charge on any atom is -0.369 e. The molecular weight excluding hydrogens is 294 g/mol. The lowest BCUT2D eigenvalue weighted by Gasteiger charge is -2.20. The summed E-state index contributed by atoms with van der Waals surface area (Å²) >= 11 is 0. The van der Waals surface area contributed by atoms with E-state index in [-0.39, 0.29) is 11.6 Å². The molecule has 0 atom stereocenters. The van der Waals surface area contributed by atoms with Crippen molar-refractivity contribution in [1.29, 1.82) is 0 Å². The van der Waals surface area contributed by atoms with E-state index < -0.39 is 15.9 Å². The molecule has 1 aliphatic rings. The summed E-state index contributed by atoms with van der Waals surface area (Å²) in [6.07, 6.45) is 2.68. The molecule has 0 aromatic carbocycles. The van der Waals surface area contributed by atoms with Crippen LogP contribution in [-0.4, -0.2) is 66.2 Å². The maximum absolute atomic E-state index is 12.5. The first-order valence-corrected chi connectivity index (χ1v) is 8.42. The summed E-state index contributed by atoms with van der Waals surface area (Å²) in [5, 5.41) is 0.128. The summed E-state index contributed by atoms with van der Waals surface area (Å²) in [5.74, 6) is 0.256. The molecule has 1 fully saturated rings. The van der Waals surface area contributed by atoms with E-state index in [0.717, 1.165) is 0 Å². The number of aromatic nitrogens is 2. The van der Waals surface area contributed by atoms with Gasteiger partial charge in [-0.15, -0.1) is 0 Å². The monoisotopic (exact) mass is 315 g/mol. The Kier molecular flexibility index (Phi) is 4.96. The van der Waals surface area contributed by atoms with Crippen molar-refractivity contribution in [3.8, 4) is 0 Å². The molecule has 1 aliphatic heterocycles. The Morgan fingerprint density at radius 1 is 1.38 bits per heavy atom. The quantitative estimate of drug-likeness (QED) is 0.735. The van der Waals surface area contributed by atoms with E-state index in [9.17, 15) is 13.2 Å². The van der Waals surface area contributed by atoms with Crippen LogP contribution in [0.2, 0.25) is 0 Å². The summed E-state index contributed by atoms with van der Waals surface area (Å²) in [6, 6.07) is 0. The predicted molar refractivity (Wildman–Crippen MR) is 77.0 cm³/mol. The van der Waals surface area contributed by atoms with Gasteiger partial charge in [0, 0.05) is 26.1 Å². The Balaban J connectivity index is 2.08. The number of nitrogens with one attached hydrogen (secondary N) is 1. The minimum atomic E-state index is -3.55. The fraction of sp³-hybridized carbons (Fsp3) is 0.667. The number of rotatable bonds is 5. The van der Waals surface area contributed by atoms with E-state index in [1.807, 2.05) is 11.8 Å². The van der Waals surface area contributed by atoms with Gasteiger partial charge in [-0.25, -0.2) is 13.4 Å². The van der Waals surface area contributed by atoms with Crippen LogP contribution in [0.1, 0.15) is 19.2 Å². The zero-order valence-electron chi connectivity index (χ0n) is 12.1. The second kappa shape index (κ2) is 6.54. The van der Waals surface area contributed by atoms with Gasteiger partial charge in [-0.05, 0) is 13.0 Å². The van der Waals surface area contributed by atoms with Gasteiger partial charge in [-0.3, -0.25) is 9.69 Å². The Morgan fingerprint density at radius 3 is 2.76 bits per heavy atom. The molecule has 2 heterocycles. The van der Waals surface area contributed by atoms with Gasteiger partial charge in [0.2, 0.25) is 5.91 Å². The van der Waals surface area contributed by atoms with E-state index in [0.29, 0.717) is 44.8 Å². The number of hydrogen-bond acceptors (Lipinski definition) is 5. The van der Waals surface area contributed by atoms with Crippen LogP contribution in [0.5, 0.6) is 0 Å². The summed E-state index contributed by atoms with van der Waals surface area (Å²) in [6.45, 7) is 4.00. The van der Waals surface area contributed by atoms with Crippen LogP contribution >= 0.6 is 0 Å². The third-order valence-electron chi connectivity index (χ3n) is 3.48. The van der Waals surface area contributed by atoms with Gasteiger partial charge < -0.3 is 10.7 Å². The Labute approximate surface area is 124 Å². The molecule has 8 nitrogen and oxygen atoms in total. The van der Waals surface area contributed by atoms with E-state index in [4.69, 9.17) is 5.73 Å². The van der Waals surface area contributed by atoms with Crippen LogP contribution in [0.3, 0.4) is 0 Å². The number of carbonyl (C=O) groups is 1. The Morgan fingerprint density at radius 2 is 2.14 bits per heavy atom. The summed E-state index contributed by atoms with van der Waals surface area (Å²) in [4.78, 5) is 19.7. The van der Waals surface area contributed by atoms with Crippen molar-refractivity contribution < 1.29 is 13.2 Å². The number of aromatic amines is 1. The molecule has 1 amide bonds. The highest BCUT2D eigenvalue weighted by Crippen LogP contribution is 2.16. The summed E-state index contributed by atoms with van der Waals surface area (Å²) in [7, 11) is -3.55. The number of sulfonamides is 1. The molecule has 2 rings (SSSR count). The van der Waals surface area contributed by atoms with Crippen LogP contribution < -0.4 is 5.73 Å². The Hall–Kier alpha value is -1.45. The average Bonchev–Trinajstić information content (AvgIpc) is 2.79. The first kappa shape index (κ1) is 15.9. The van der Waals surface area contributed by atoms with Crippen molar-refractivity contribution in [1.82, 2.24) is 19.2 Å². The third kappa shape index (κ3) is 3.80. The van der Waals surface area contributed by atoms with Crippen molar-refractivity contribution in [2.45, 2.75) is 24.8 Å². The van der Waals surface area contributed by atoms with Gasteiger partial charge in [0.25, 0.3) is 10.0 Å². The van der Waals surface area contributed by atoms with Gasteiger partial charge in [0.15, 0.2) is 5.03 Å². The second-order valence-corrected chi connectivity index (χ2v) is 6.95. The number of H-pyrrole nitrogens is 1. The lowest BCUT2D eigenvalue weighted by Crippen LogP contribution is -2.38. The first-order valence-electron chi connectivity index (χ1n) is 6.98. The highest BCUT2D eigenvalue weighted by molar-refractivity contribution is 7.89. The Bertz CT molecular complexity index is 598. The van der Waals surface area contributed by atoms with Crippen LogP contribution in [-0.2, 0) is 21.2 Å². The van der Waals surface area contributed by atoms with Crippen LogP contribution in [0.4, 0.5) is 0 Å². The number of hydrogen-bond donors (Lipinski definition) is 2. The third-order valence-corrected chi connectivity index (χ3v) is 5.29. The van der Waals surface area contributed by atoms with Gasteiger partial charge in [0.1, 0.15) is 5.82 Å². The van der Waals surface area contributed by atoms with Crippen molar-refractivity contribution in [2.24, 2.45) is 5.73 Å². The standard InChI is InChI=1S/C12H21N5O3S/c1-2-11-14-8-12(15-11)21(19,20)17-5-3-4-16(6-7-17)9-10(13)18/h8H,2-7,9H2,1H3,(H2,13,18)(H,14,15). The second-order valence-electron chi connectivity index (χ2n) is 5.05. The smallest absolute Gasteiger partial charge is 0.260 e. The number of nitrogens with zero attached hydrogens (tertiary/aromatic N) is 3. The van der Waals surface area contributed by atoms with Gasteiger partial charge >= 0.3 is 0 Å². The van der Waals surface area contributed by atoms with Gasteiger partial charge in [-0.1, -0.05) is 6.92 Å². The molecule has 0 saturated carbocycles. The van der Waals surface area contributed by atoms with E-state index in [1.54, 1.807) is 0 Å². The summed E-state index contributed by atoms with van der Waals surface area (Å²) in [5.41, 5.74) is 5.18. The van der Waals surface area contributed by atoms with Gasteiger partial charge in [-0.2, -0.15) is 4.31 Å². The van der Waals surface area contributed by atoms with Crippen molar-refractivity contribution in [3.63, 3.8) is 0 Å². The highest BCUT2D eigenvalue weighted by atomic mass is 32.2. The highest BCUT2D eigenvalue weighted by Gasteiger charge is 2.28. The molecular formula is C12H21N5O3S. The van der Waals surface area contributed by atoms with E-state index in [1.165, 1.54) is 10.5 Å². The van der Waals surface area contributed by atoms with Crippen LogP contribution in [0.15, 0.2) is 11.2 Å². The van der Waals surface area contributed by atoms with Crippen LogP contribution in [0, 0.1) is 0 Å². The molecule has 0 radical (unpaired) electrons. The molecule has 1 aromatic rings. The topological polar surface area (TPSA) is 112 Å². The fourth-order valence-corrected chi connectivity index (χ4v) is 3.76. The van der Waals surface area contributed by atoms with E-state index >= 15 is 0 Å². The maximum Gasteiger partial charge on any atom is 0.260 e. The molecule has 118 valence electrons. The molecule has 1 saturated heterocycles. The first-order chi connectivity index (χ1) is 9.93. The predicted octanol–water partition coefficient (Wildman–Crippen LogP) is -0.846. The number of primary amides is 1. The van der Waals surface area contributed by atoms with Crippen molar-refractivity contribution in [3.05, 3.63) is 12.0 Å². The molecule has 0 bridgehead atoms. The summed E-state index contributed by atoms with van der Waals surface area (Å²) < 4.78 is 26.5. The fourth-order valence-electron chi connectivity index (χ4n) is 2.36. The lowest BCUT2D eigenvalue weighted by molar-refractivity contribution is -0.119.